The van der Waals surface area contributed by atoms with Crippen LogP contribution in [0.2, 0.25) is 0 Å². The maximum Gasteiger partial charge on any atom is 0.286 e. The standard InChI is InChI=1S/C8H22N2OP/c1-8(2)11-12(7,9(3)4)10(5)6/h8H,1-7H3/q+1. The summed E-state index contributed by atoms with van der Waals surface area (Å²) in [5.41, 5.74) is 0. The molecular weight excluding hydrogens is 171 g/mol. The zero-order chi connectivity index (χ0) is 9.94. The summed E-state index contributed by atoms with van der Waals surface area (Å²) in [4.78, 5) is 0. The van der Waals surface area contributed by atoms with Gasteiger partial charge in [0, 0.05) is 28.2 Å². The summed E-state index contributed by atoms with van der Waals surface area (Å²) in [5, 5.41) is 0. The number of hydrogen-bond acceptors (Lipinski definition) is 3. The Labute approximate surface area is 77.2 Å². The molecule has 0 N–H and O–H groups in total. The third kappa shape index (κ3) is 2.98. The molecule has 0 amide bonds. The first-order chi connectivity index (χ1) is 5.30. The lowest BCUT2D eigenvalue weighted by Gasteiger charge is -2.32. The number of hydrogen-bond donors (Lipinski definition) is 0. The molecule has 0 aliphatic carbocycles. The van der Waals surface area contributed by atoms with Gasteiger partial charge in [-0.3, -0.25) is 0 Å². The van der Waals surface area contributed by atoms with Crippen molar-refractivity contribution in [3.8, 4) is 0 Å². The molecule has 0 fully saturated rings. The van der Waals surface area contributed by atoms with E-state index in [1.165, 1.54) is 0 Å². The van der Waals surface area contributed by atoms with Gasteiger partial charge in [0.2, 0.25) is 0 Å². The average Bonchev–Trinajstić information content (AvgIpc) is 1.84. The highest BCUT2D eigenvalue weighted by atomic mass is 31.2. The van der Waals surface area contributed by atoms with E-state index in [0.717, 1.165) is 0 Å². The molecule has 0 aromatic heterocycles. The van der Waals surface area contributed by atoms with Crippen molar-refractivity contribution >= 4 is 7.79 Å². The molecule has 0 rings (SSSR count). The van der Waals surface area contributed by atoms with Gasteiger partial charge in [-0.2, -0.15) is 4.52 Å². The lowest BCUT2D eigenvalue weighted by atomic mass is 10.5. The van der Waals surface area contributed by atoms with Crippen molar-refractivity contribution in [3.63, 3.8) is 0 Å². The monoisotopic (exact) mass is 193 g/mol. The normalized spacial score (nSPS) is 13.5. The molecule has 0 radical (unpaired) electrons. The predicted octanol–water partition coefficient (Wildman–Crippen LogP) is 1.93. The van der Waals surface area contributed by atoms with Crippen LogP contribution in [0.15, 0.2) is 0 Å². The topological polar surface area (TPSA) is 15.7 Å². The lowest BCUT2D eigenvalue weighted by molar-refractivity contribution is 0.219. The van der Waals surface area contributed by atoms with Gasteiger partial charge in [-0.15, -0.1) is 9.34 Å². The Morgan fingerprint density at radius 1 is 1.00 bits per heavy atom. The van der Waals surface area contributed by atoms with Crippen molar-refractivity contribution in [2.24, 2.45) is 0 Å². The highest BCUT2D eigenvalue weighted by Crippen LogP contribution is 2.60. The Balaban J connectivity index is 4.40. The number of rotatable bonds is 4. The van der Waals surface area contributed by atoms with Gasteiger partial charge in [-0.05, 0) is 13.8 Å². The molecule has 0 bridgehead atoms. The maximum atomic E-state index is 5.92. The van der Waals surface area contributed by atoms with E-state index in [2.05, 4.69) is 58.0 Å². The summed E-state index contributed by atoms with van der Waals surface area (Å²) >= 11 is 0. The van der Waals surface area contributed by atoms with Crippen LogP contribution in [-0.4, -0.2) is 50.3 Å². The molecule has 12 heavy (non-hydrogen) atoms. The fourth-order valence-electron chi connectivity index (χ4n) is 0.946. The lowest BCUT2D eigenvalue weighted by Crippen LogP contribution is -2.29. The van der Waals surface area contributed by atoms with E-state index in [9.17, 15) is 0 Å². The summed E-state index contributed by atoms with van der Waals surface area (Å²) in [6.07, 6.45) is 0.285. The minimum atomic E-state index is -1.50. The summed E-state index contributed by atoms with van der Waals surface area (Å²) < 4.78 is 10.3. The van der Waals surface area contributed by atoms with E-state index >= 15 is 0 Å². The molecule has 0 heterocycles. The molecule has 0 spiro atoms. The van der Waals surface area contributed by atoms with Gasteiger partial charge < -0.3 is 0 Å². The summed E-state index contributed by atoms with van der Waals surface area (Å²) in [5.74, 6) is 0. The van der Waals surface area contributed by atoms with Gasteiger partial charge in [-0.25, -0.2) is 0 Å². The third-order valence-corrected chi connectivity index (χ3v) is 5.68. The molecule has 0 aliphatic heterocycles. The van der Waals surface area contributed by atoms with E-state index in [-0.39, 0.29) is 6.10 Å². The van der Waals surface area contributed by atoms with Crippen molar-refractivity contribution in [1.82, 2.24) is 9.34 Å². The second-order valence-electron chi connectivity index (χ2n) is 3.68. The van der Waals surface area contributed by atoms with Crippen molar-refractivity contribution < 1.29 is 4.52 Å². The van der Waals surface area contributed by atoms with Crippen LogP contribution in [0.1, 0.15) is 13.8 Å². The molecule has 0 saturated heterocycles. The first-order valence-electron chi connectivity index (χ1n) is 4.21. The van der Waals surface area contributed by atoms with Crippen LogP contribution in [0.25, 0.3) is 0 Å². The summed E-state index contributed by atoms with van der Waals surface area (Å²) in [6, 6.07) is 0. The zero-order valence-electron chi connectivity index (χ0n) is 9.33. The van der Waals surface area contributed by atoms with E-state index < -0.39 is 7.79 Å². The largest absolute Gasteiger partial charge is 0.286 e. The SMILES string of the molecule is CC(C)O[P+](C)(N(C)C)N(C)C. The Bertz CT molecular complexity index is 129. The minimum absolute atomic E-state index is 0.285. The summed E-state index contributed by atoms with van der Waals surface area (Å²) in [7, 11) is 6.76. The molecule has 74 valence electrons. The molecule has 3 nitrogen and oxygen atoms in total. The molecule has 0 aromatic carbocycles. The van der Waals surface area contributed by atoms with Crippen LogP contribution in [-0.2, 0) is 4.52 Å². The molecule has 0 unspecified atom stereocenters. The van der Waals surface area contributed by atoms with Gasteiger partial charge in [0.1, 0.15) is 12.8 Å². The number of nitrogens with zero attached hydrogens (tertiary/aromatic N) is 2. The Morgan fingerprint density at radius 3 is 1.42 bits per heavy atom. The Kier molecular flexibility index (Phi) is 4.64. The molecule has 4 heteroatoms. The fraction of sp³-hybridized carbons (Fsp3) is 1.00. The van der Waals surface area contributed by atoms with Gasteiger partial charge in [0.05, 0.1) is 0 Å². The summed E-state index contributed by atoms with van der Waals surface area (Å²) in [6.45, 7) is 6.32. The predicted molar refractivity (Wildman–Crippen MR) is 56.4 cm³/mol. The van der Waals surface area contributed by atoms with Crippen molar-refractivity contribution in [3.05, 3.63) is 0 Å². The molecule has 0 aliphatic rings. The van der Waals surface area contributed by atoms with E-state index in [1.54, 1.807) is 0 Å². The molecule has 0 aromatic rings. The van der Waals surface area contributed by atoms with E-state index in [0.29, 0.717) is 0 Å². The van der Waals surface area contributed by atoms with Crippen LogP contribution < -0.4 is 0 Å². The smallest absolute Gasteiger partial charge is 0.197 e. The zero-order valence-corrected chi connectivity index (χ0v) is 10.2. The highest BCUT2D eigenvalue weighted by molar-refractivity contribution is 7.65. The second kappa shape index (κ2) is 4.52. The first-order valence-corrected chi connectivity index (χ1v) is 6.27. The van der Waals surface area contributed by atoms with Crippen LogP contribution in [0, 0.1) is 0 Å². The highest BCUT2D eigenvalue weighted by Gasteiger charge is 2.41. The second-order valence-corrected chi connectivity index (χ2v) is 7.17. The molecular formula is C8H22N2OP+. The third-order valence-electron chi connectivity index (χ3n) is 1.89. The van der Waals surface area contributed by atoms with Crippen molar-refractivity contribution in [1.29, 1.82) is 0 Å². The van der Waals surface area contributed by atoms with Gasteiger partial charge in [0.25, 0.3) is 7.79 Å². The Hall–Kier alpha value is 0.310. The minimum Gasteiger partial charge on any atom is -0.197 e. The van der Waals surface area contributed by atoms with Crippen molar-refractivity contribution in [2.45, 2.75) is 20.0 Å². The van der Waals surface area contributed by atoms with Gasteiger partial charge >= 0.3 is 0 Å². The van der Waals surface area contributed by atoms with Gasteiger partial charge in [-0.1, -0.05) is 0 Å². The molecule has 0 saturated carbocycles. The average molecular weight is 193 g/mol. The van der Waals surface area contributed by atoms with Crippen LogP contribution in [0.3, 0.4) is 0 Å². The van der Waals surface area contributed by atoms with Crippen molar-refractivity contribution in [2.75, 3.05) is 34.9 Å². The fourth-order valence-corrected chi connectivity index (χ4v) is 2.84. The van der Waals surface area contributed by atoms with Crippen LogP contribution >= 0.6 is 7.79 Å². The van der Waals surface area contributed by atoms with Crippen LogP contribution in [0.4, 0.5) is 0 Å². The van der Waals surface area contributed by atoms with Gasteiger partial charge in [0.15, 0.2) is 0 Å². The van der Waals surface area contributed by atoms with E-state index in [1.807, 2.05) is 0 Å². The quantitative estimate of drug-likeness (QED) is 0.634. The molecule has 0 atom stereocenters. The Morgan fingerprint density at radius 2 is 1.33 bits per heavy atom. The van der Waals surface area contributed by atoms with Crippen LogP contribution in [0.5, 0.6) is 0 Å². The first kappa shape index (κ1) is 12.3. The maximum absolute atomic E-state index is 5.92. The van der Waals surface area contributed by atoms with E-state index in [4.69, 9.17) is 4.52 Å².